The zero-order valence-corrected chi connectivity index (χ0v) is 9.63. The second-order valence-electron chi connectivity index (χ2n) is 2.74. The van der Waals surface area contributed by atoms with Crippen molar-refractivity contribution in [3.63, 3.8) is 0 Å². The molecule has 0 unspecified atom stereocenters. The zero-order valence-electron chi connectivity index (χ0n) is 8.04. The van der Waals surface area contributed by atoms with E-state index in [-0.39, 0.29) is 10.3 Å². The fraction of sp³-hybridized carbons (Fsp3) is 0.222. The van der Waals surface area contributed by atoms with Crippen LogP contribution in [0.15, 0.2) is 22.4 Å². The van der Waals surface area contributed by atoms with Gasteiger partial charge in [-0.05, 0) is 15.9 Å². The van der Waals surface area contributed by atoms with Crippen molar-refractivity contribution in [1.29, 1.82) is 10.7 Å². The highest BCUT2D eigenvalue weighted by Crippen LogP contribution is 2.12. The topological polar surface area (TPSA) is 85.7 Å². The summed E-state index contributed by atoms with van der Waals surface area (Å²) in [6.07, 6.45) is 2.10. The van der Waals surface area contributed by atoms with Crippen molar-refractivity contribution in [2.75, 3.05) is 7.05 Å². The van der Waals surface area contributed by atoms with Gasteiger partial charge in [0.25, 0.3) is 0 Å². The molecule has 0 radical (unpaired) electrons. The second-order valence-corrected chi connectivity index (χ2v) is 3.53. The van der Waals surface area contributed by atoms with Crippen molar-refractivity contribution >= 4 is 20.6 Å². The molecule has 0 amide bonds. The van der Waals surface area contributed by atoms with Gasteiger partial charge in [0.1, 0.15) is 16.5 Å². The number of hydrogen-bond acceptors (Lipinski definition) is 5. The van der Waals surface area contributed by atoms with Gasteiger partial charge in [-0.2, -0.15) is 5.26 Å². The second kappa shape index (κ2) is 5.32. The monoisotopic (exact) mass is 268 g/mol. The number of halogens is 1. The Kier molecular flexibility index (Phi) is 4.06. The Morgan fingerprint density at radius 3 is 3.07 bits per heavy atom. The molecule has 2 N–H and O–H groups in total. The van der Waals surface area contributed by atoms with Gasteiger partial charge in [0.2, 0.25) is 0 Å². The third-order valence-electron chi connectivity index (χ3n) is 1.64. The highest BCUT2D eigenvalue weighted by molar-refractivity contribution is 9.18. The quantitative estimate of drug-likeness (QED) is 0.812. The Balaban J connectivity index is 2.80. The molecule has 1 rings (SSSR count). The third-order valence-corrected chi connectivity index (χ3v) is 2.15. The maximum absolute atomic E-state index is 8.55. The van der Waals surface area contributed by atoms with Crippen LogP contribution in [-0.2, 0) is 6.42 Å². The van der Waals surface area contributed by atoms with Crippen LogP contribution in [0.25, 0.3) is 0 Å². The molecule has 6 heteroatoms. The van der Waals surface area contributed by atoms with Crippen molar-refractivity contribution < 1.29 is 4.52 Å². The fourth-order valence-corrected chi connectivity index (χ4v) is 1.26. The van der Waals surface area contributed by atoms with Crippen LogP contribution in [-0.4, -0.2) is 16.8 Å². The molecule has 15 heavy (non-hydrogen) atoms. The molecule has 0 saturated heterocycles. The first-order valence-electron chi connectivity index (χ1n) is 4.13. The molecule has 0 bridgehead atoms. The van der Waals surface area contributed by atoms with E-state index < -0.39 is 0 Å². The number of nitriles is 1. The predicted octanol–water partition coefficient (Wildman–Crippen LogP) is 1.56. The maximum atomic E-state index is 8.55. The Labute approximate surface area is 95.4 Å². The van der Waals surface area contributed by atoms with E-state index in [9.17, 15) is 0 Å². The summed E-state index contributed by atoms with van der Waals surface area (Å²) < 4.78 is 5.19. The summed E-state index contributed by atoms with van der Waals surface area (Å²) >= 11 is 3.07. The summed E-state index contributed by atoms with van der Waals surface area (Å²) in [6.45, 7) is 0. The fourth-order valence-electron chi connectivity index (χ4n) is 1.00. The molecule has 0 aliphatic rings. The largest absolute Gasteiger partial charge is 0.394 e. The van der Waals surface area contributed by atoms with Crippen LogP contribution < -0.4 is 5.32 Å². The molecule has 1 aromatic heterocycles. The van der Waals surface area contributed by atoms with Crippen LogP contribution in [0.1, 0.15) is 11.5 Å². The minimum atomic E-state index is 0.245. The minimum absolute atomic E-state index is 0.245. The highest BCUT2D eigenvalue weighted by atomic mass is 79.9. The number of rotatable bonds is 4. The normalized spacial score (nSPS) is 10.9. The molecular formula is C9H9BrN4O. The molecule has 0 aliphatic carbocycles. The van der Waals surface area contributed by atoms with E-state index in [1.165, 1.54) is 0 Å². The Morgan fingerprint density at radius 2 is 2.60 bits per heavy atom. The molecule has 78 valence electrons. The van der Waals surface area contributed by atoms with Gasteiger partial charge in [-0.3, -0.25) is 5.41 Å². The van der Waals surface area contributed by atoms with Crippen LogP contribution >= 0.6 is 15.9 Å². The van der Waals surface area contributed by atoms with Crippen LogP contribution in [0.3, 0.4) is 0 Å². The van der Waals surface area contributed by atoms with Crippen molar-refractivity contribution in [2.45, 2.75) is 6.42 Å². The van der Waals surface area contributed by atoms with E-state index in [1.54, 1.807) is 19.3 Å². The van der Waals surface area contributed by atoms with Gasteiger partial charge >= 0.3 is 0 Å². The molecule has 0 aromatic carbocycles. The number of nitrogens with zero attached hydrogens (tertiary/aromatic N) is 2. The summed E-state index contributed by atoms with van der Waals surface area (Å²) in [6, 6.07) is 3.43. The summed E-state index contributed by atoms with van der Waals surface area (Å²) in [5.74, 6) is 0.553. The van der Waals surface area contributed by atoms with E-state index in [2.05, 4.69) is 26.4 Å². The summed E-state index contributed by atoms with van der Waals surface area (Å²) in [5, 5.41) is 22.4. The van der Waals surface area contributed by atoms with Crippen molar-refractivity contribution in [3.05, 3.63) is 29.3 Å². The molecular weight excluding hydrogens is 260 g/mol. The Morgan fingerprint density at radius 1 is 1.87 bits per heavy atom. The molecule has 0 saturated carbocycles. The van der Waals surface area contributed by atoms with Gasteiger partial charge in [-0.25, -0.2) is 0 Å². The number of hydrogen-bond donors (Lipinski definition) is 2. The van der Waals surface area contributed by atoms with Gasteiger partial charge < -0.3 is 9.84 Å². The van der Waals surface area contributed by atoms with Crippen LogP contribution in [0.5, 0.6) is 0 Å². The minimum Gasteiger partial charge on any atom is -0.394 e. The summed E-state index contributed by atoms with van der Waals surface area (Å²) in [7, 11) is 1.75. The van der Waals surface area contributed by atoms with Crippen molar-refractivity contribution in [1.82, 2.24) is 10.5 Å². The van der Waals surface area contributed by atoms with Gasteiger partial charge in [0, 0.05) is 31.3 Å². The van der Waals surface area contributed by atoms with Crippen molar-refractivity contribution in [2.24, 2.45) is 0 Å². The van der Waals surface area contributed by atoms with Gasteiger partial charge in [-0.15, -0.1) is 0 Å². The van der Waals surface area contributed by atoms with E-state index in [4.69, 9.17) is 15.2 Å². The number of allylic oxidation sites excluding steroid dienone is 1. The third kappa shape index (κ3) is 3.22. The van der Waals surface area contributed by atoms with Gasteiger partial charge in [-0.1, -0.05) is 5.16 Å². The van der Waals surface area contributed by atoms with E-state index >= 15 is 0 Å². The van der Waals surface area contributed by atoms with E-state index in [0.29, 0.717) is 12.2 Å². The van der Waals surface area contributed by atoms with Crippen LogP contribution in [0.2, 0.25) is 0 Å². The average Bonchev–Trinajstić information content (AvgIpc) is 2.65. The lowest BCUT2D eigenvalue weighted by atomic mass is 10.2. The summed E-state index contributed by atoms with van der Waals surface area (Å²) in [5.41, 5.74) is 0.966. The van der Waals surface area contributed by atoms with Crippen LogP contribution in [0.4, 0.5) is 0 Å². The van der Waals surface area contributed by atoms with E-state index in [1.807, 2.05) is 6.07 Å². The molecule has 0 fully saturated rings. The predicted molar refractivity (Wildman–Crippen MR) is 58.7 cm³/mol. The molecule has 1 heterocycles. The van der Waals surface area contributed by atoms with Gasteiger partial charge in [0.15, 0.2) is 5.69 Å². The zero-order chi connectivity index (χ0) is 11.3. The Hall–Kier alpha value is -1.61. The standard InChI is InChI=1S/C9H9BrN4O/c1-13-5-6(9(10)12)2-8-3-7(4-11)14-15-8/h3,5,12-13H,2H2,1H3/b6-5-,12-9?. The average molecular weight is 269 g/mol. The van der Waals surface area contributed by atoms with Crippen molar-refractivity contribution in [3.8, 4) is 6.07 Å². The summed E-state index contributed by atoms with van der Waals surface area (Å²) in [4.78, 5) is 0. The first-order valence-corrected chi connectivity index (χ1v) is 4.93. The molecule has 1 aromatic rings. The van der Waals surface area contributed by atoms with E-state index in [0.717, 1.165) is 5.57 Å². The number of nitrogens with one attached hydrogen (secondary N) is 2. The highest BCUT2D eigenvalue weighted by Gasteiger charge is 2.08. The maximum Gasteiger partial charge on any atom is 0.183 e. The molecule has 0 aliphatic heterocycles. The first kappa shape index (κ1) is 11.5. The molecule has 0 atom stereocenters. The molecule has 0 spiro atoms. The number of aromatic nitrogens is 1. The lowest BCUT2D eigenvalue weighted by molar-refractivity contribution is 0.388. The SMILES string of the molecule is CN/C=C(/Cc1cc(C#N)no1)C(=N)Br. The van der Waals surface area contributed by atoms with Crippen LogP contribution in [0, 0.1) is 16.7 Å². The smallest absolute Gasteiger partial charge is 0.183 e. The first-order chi connectivity index (χ1) is 7.17. The lowest BCUT2D eigenvalue weighted by Crippen LogP contribution is -2.03. The van der Waals surface area contributed by atoms with Gasteiger partial charge in [0.05, 0.1) is 0 Å². The molecule has 5 nitrogen and oxygen atoms in total. The lowest BCUT2D eigenvalue weighted by Gasteiger charge is -2.00. The Bertz CT molecular complexity index is 430.